The molecule has 1 nitrogen and oxygen atoms in total. The highest BCUT2D eigenvalue weighted by Gasteiger charge is 2.59. The number of Topliss-reactive ketones (excluding diaryl/α,β-unsaturated/α-hetero) is 1. The summed E-state index contributed by atoms with van der Waals surface area (Å²) in [4.78, 5) is 12.2. The minimum atomic E-state index is 0.259. The lowest BCUT2D eigenvalue weighted by Crippen LogP contribution is -2.35. The van der Waals surface area contributed by atoms with Crippen LogP contribution in [0.25, 0.3) is 0 Å². The predicted octanol–water partition coefficient (Wildman–Crippen LogP) is 3.74. The highest BCUT2D eigenvalue weighted by Crippen LogP contribution is 2.66. The fraction of sp³-hybridized carbons (Fsp3) is 0.800. The molecule has 2 fully saturated rings. The van der Waals surface area contributed by atoms with Gasteiger partial charge < -0.3 is 0 Å². The van der Waals surface area contributed by atoms with E-state index in [0.717, 1.165) is 12.3 Å². The van der Waals surface area contributed by atoms with Crippen molar-refractivity contribution in [1.82, 2.24) is 0 Å². The molecule has 3 rings (SSSR count). The maximum atomic E-state index is 12.2. The van der Waals surface area contributed by atoms with Gasteiger partial charge in [-0.15, -0.1) is 0 Å². The van der Waals surface area contributed by atoms with Crippen molar-refractivity contribution in [3.8, 4) is 0 Å². The SMILES string of the molecule is CC1=C2C(=O)C[C@@H](C)[C@@]23CC[C@H](C3)C1(C)C. The maximum absolute atomic E-state index is 12.2. The van der Waals surface area contributed by atoms with Crippen LogP contribution in [0.1, 0.15) is 53.4 Å². The van der Waals surface area contributed by atoms with E-state index in [1.54, 1.807) is 0 Å². The topological polar surface area (TPSA) is 17.1 Å². The van der Waals surface area contributed by atoms with Crippen LogP contribution < -0.4 is 0 Å². The lowest BCUT2D eigenvalue weighted by atomic mass is 9.61. The Bertz CT molecular complexity index is 402. The van der Waals surface area contributed by atoms with Crippen molar-refractivity contribution in [3.63, 3.8) is 0 Å². The second-order valence-corrected chi connectivity index (χ2v) is 6.85. The summed E-state index contributed by atoms with van der Waals surface area (Å²) in [6.07, 6.45) is 4.67. The fourth-order valence-electron chi connectivity index (χ4n) is 4.68. The summed E-state index contributed by atoms with van der Waals surface area (Å²) in [6.45, 7) is 9.19. The van der Waals surface area contributed by atoms with E-state index in [1.807, 2.05) is 0 Å². The zero-order valence-electron chi connectivity index (χ0n) is 10.9. The van der Waals surface area contributed by atoms with E-state index in [4.69, 9.17) is 0 Å². The van der Waals surface area contributed by atoms with Gasteiger partial charge in [-0.3, -0.25) is 4.79 Å². The highest BCUT2D eigenvalue weighted by atomic mass is 16.1. The summed E-state index contributed by atoms with van der Waals surface area (Å²) in [6, 6.07) is 0. The predicted molar refractivity (Wildman–Crippen MR) is 65.0 cm³/mol. The first-order valence-corrected chi connectivity index (χ1v) is 6.64. The molecule has 0 N–H and O–H groups in total. The lowest BCUT2D eigenvalue weighted by molar-refractivity contribution is -0.115. The Morgan fingerprint density at radius 1 is 1.31 bits per heavy atom. The van der Waals surface area contributed by atoms with Crippen molar-refractivity contribution in [2.45, 2.75) is 53.4 Å². The summed E-state index contributed by atoms with van der Waals surface area (Å²) in [5.41, 5.74) is 3.21. The number of hydrogen-bond donors (Lipinski definition) is 0. The third kappa shape index (κ3) is 0.959. The average molecular weight is 218 g/mol. The summed E-state index contributed by atoms with van der Waals surface area (Å²) in [7, 11) is 0. The second-order valence-electron chi connectivity index (χ2n) is 6.85. The van der Waals surface area contributed by atoms with Crippen molar-refractivity contribution in [2.24, 2.45) is 22.7 Å². The molecule has 0 aromatic carbocycles. The van der Waals surface area contributed by atoms with Gasteiger partial charge in [-0.1, -0.05) is 26.3 Å². The number of carbonyl (C=O) groups is 1. The molecule has 0 heterocycles. The highest BCUT2D eigenvalue weighted by molar-refractivity contribution is 6.00. The molecule has 0 saturated heterocycles. The van der Waals surface area contributed by atoms with Crippen LogP contribution in [-0.4, -0.2) is 5.78 Å². The Kier molecular flexibility index (Phi) is 1.85. The third-order valence-electron chi connectivity index (χ3n) is 6.12. The van der Waals surface area contributed by atoms with E-state index in [9.17, 15) is 4.79 Å². The van der Waals surface area contributed by atoms with E-state index in [2.05, 4.69) is 27.7 Å². The summed E-state index contributed by atoms with van der Waals surface area (Å²) >= 11 is 0. The first-order chi connectivity index (χ1) is 7.39. The van der Waals surface area contributed by atoms with Crippen LogP contribution in [0.4, 0.5) is 0 Å². The molecular weight excluding hydrogens is 196 g/mol. The first-order valence-electron chi connectivity index (χ1n) is 6.64. The molecule has 0 unspecified atom stereocenters. The molecule has 3 aliphatic carbocycles. The molecule has 2 bridgehead atoms. The molecule has 0 radical (unpaired) electrons. The van der Waals surface area contributed by atoms with Gasteiger partial charge >= 0.3 is 0 Å². The fourth-order valence-corrected chi connectivity index (χ4v) is 4.68. The molecule has 0 aromatic heterocycles. The normalized spacial score (nSPS) is 45.1. The van der Waals surface area contributed by atoms with Gasteiger partial charge in [0.25, 0.3) is 0 Å². The first kappa shape index (κ1) is 10.6. The third-order valence-corrected chi connectivity index (χ3v) is 6.12. The van der Waals surface area contributed by atoms with Gasteiger partial charge in [-0.2, -0.15) is 0 Å². The number of carbonyl (C=O) groups excluding carboxylic acids is 1. The van der Waals surface area contributed by atoms with Crippen LogP contribution in [0.15, 0.2) is 11.1 Å². The monoisotopic (exact) mass is 218 g/mol. The Balaban J connectivity index is 2.25. The zero-order valence-corrected chi connectivity index (χ0v) is 10.9. The Morgan fingerprint density at radius 3 is 2.69 bits per heavy atom. The molecule has 88 valence electrons. The summed E-state index contributed by atoms with van der Waals surface area (Å²) < 4.78 is 0. The van der Waals surface area contributed by atoms with Gasteiger partial charge in [0.2, 0.25) is 0 Å². The van der Waals surface area contributed by atoms with Gasteiger partial charge in [0.15, 0.2) is 5.78 Å². The molecule has 0 amide bonds. The molecule has 3 aliphatic rings. The van der Waals surface area contributed by atoms with E-state index in [0.29, 0.717) is 17.1 Å². The van der Waals surface area contributed by atoms with Crippen molar-refractivity contribution >= 4 is 5.78 Å². The van der Waals surface area contributed by atoms with Crippen molar-refractivity contribution in [3.05, 3.63) is 11.1 Å². The number of fused-ring (bicyclic) bond motifs is 1. The number of allylic oxidation sites excluding steroid dienone is 2. The Hall–Kier alpha value is -0.590. The average Bonchev–Trinajstić information content (AvgIpc) is 2.69. The van der Waals surface area contributed by atoms with Gasteiger partial charge in [0.1, 0.15) is 0 Å². The van der Waals surface area contributed by atoms with E-state index >= 15 is 0 Å². The van der Waals surface area contributed by atoms with Crippen molar-refractivity contribution < 1.29 is 4.79 Å². The van der Waals surface area contributed by atoms with Crippen molar-refractivity contribution in [1.29, 1.82) is 0 Å². The van der Waals surface area contributed by atoms with Gasteiger partial charge in [-0.05, 0) is 43.4 Å². The molecule has 1 heteroatoms. The molecule has 3 atom stereocenters. The van der Waals surface area contributed by atoms with Crippen LogP contribution in [0, 0.1) is 22.7 Å². The maximum Gasteiger partial charge on any atom is 0.159 e. The minimum absolute atomic E-state index is 0.259. The summed E-state index contributed by atoms with van der Waals surface area (Å²) in [5, 5.41) is 0. The largest absolute Gasteiger partial charge is 0.295 e. The molecule has 2 saturated carbocycles. The number of hydrogen-bond acceptors (Lipinski definition) is 1. The van der Waals surface area contributed by atoms with Crippen molar-refractivity contribution in [2.75, 3.05) is 0 Å². The van der Waals surface area contributed by atoms with Crippen LogP contribution in [0.3, 0.4) is 0 Å². The zero-order chi connectivity index (χ0) is 11.7. The quantitative estimate of drug-likeness (QED) is 0.605. The standard InChI is InChI=1S/C15H22O/c1-9-7-12(16)13-10(2)14(3,4)11-5-6-15(9,13)8-11/h9,11H,5-8H2,1-4H3/t9-,11-,15+/m1/s1. The van der Waals surface area contributed by atoms with Crippen LogP contribution in [0.5, 0.6) is 0 Å². The van der Waals surface area contributed by atoms with E-state index in [1.165, 1.54) is 30.4 Å². The molecule has 0 aromatic rings. The van der Waals surface area contributed by atoms with Gasteiger partial charge in [0, 0.05) is 17.4 Å². The smallest absolute Gasteiger partial charge is 0.159 e. The molecule has 0 aliphatic heterocycles. The number of ketones is 1. The minimum Gasteiger partial charge on any atom is -0.295 e. The summed E-state index contributed by atoms with van der Waals surface area (Å²) in [5.74, 6) is 1.86. The van der Waals surface area contributed by atoms with E-state index < -0.39 is 0 Å². The molecular formula is C15H22O. The Labute approximate surface area is 98.3 Å². The van der Waals surface area contributed by atoms with E-state index in [-0.39, 0.29) is 5.41 Å². The lowest BCUT2D eigenvalue weighted by Gasteiger charge is -2.43. The van der Waals surface area contributed by atoms with Crippen LogP contribution >= 0.6 is 0 Å². The second kappa shape index (κ2) is 2.80. The Morgan fingerprint density at radius 2 is 2.00 bits per heavy atom. The number of rotatable bonds is 0. The molecule has 16 heavy (non-hydrogen) atoms. The van der Waals surface area contributed by atoms with Gasteiger partial charge in [-0.25, -0.2) is 0 Å². The van der Waals surface area contributed by atoms with Crippen LogP contribution in [-0.2, 0) is 4.79 Å². The van der Waals surface area contributed by atoms with Gasteiger partial charge in [0.05, 0.1) is 0 Å². The van der Waals surface area contributed by atoms with Crippen LogP contribution in [0.2, 0.25) is 0 Å². The molecule has 1 spiro atoms.